The van der Waals surface area contributed by atoms with Crippen molar-refractivity contribution in [1.29, 1.82) is 0 Å². The molecule has 0 spiro atoms. The molecule has 1 aromatic carbocycles. The second-order valence-electron chi connectivity index (χ2n) is 7.01. The maximum absolute atomic E-state index is 3.55. The summed E-state index contributed by atoms with van der Waals surface area (Å²) in [6.45, 7) is 12.5. The molecule has 1 N–H and O–H groups in total. The second kappa shape index (κ2) is 5.64. The highest BCUT2D eigenvalue weighted by molar-refractivity contribution is 5.32. The quantitative estimate of drug-likeness (QED) is 0.897. The highest BCUT2D eigenvalue weighted by Crippen LogP contribution is 2.28. The molecule has 2 unspecified atom stereocenters. The van der Waals surface area contributed by atoms with Gasteiger partial charge in [-0.15, -0.1) is 0 Å². The number of nitrogens with one attached hydrogen (secondary N) is 1. The van der Waals surface area contributed by atoms with Gasteiger partial charge in [-0.05, 0) is 30.5 Å². The monoisotopic (exact) mass is 260 g/mol. The molecule has 2 nitrogen and oxygen atoms in total. The normalized spacial score (nSPS) is 21.3. The lowest BCUT2D eigenvalue weighted by molar-refractivity contribution is 0.132. The minimum atomic E-state index is 0.330. The van der Waals surface area contributed by atoms with Crippen LogP contribution in [0, 0.1) is 5.41 Å². The van der Waals surface area contributed by atoms with E-state index in [2.05, 4.69) is 69.2 Å². The fraction of sp³-hybridized carbons (Fsp3) is 0.647. The van der Waals surface area contributed by atoms with Gasteiger partial charge in [-0.3, -0.25) is 0 Å². The van der Waals surface area contributed by atoms with Crippen LogP contribution in [0.4, 0.5) is 0 Å². The average Bonchev–Trinajstić information content (AvgIpc) is 2.37. The van der Waals surface area contributed by atoms with Crippen molar-refractivity contribution >= 4 is 0 Å². The van der Waals surface area contributed by atoms with Crippen LogP contribution >= 0.6 is 0 Å². The van der Waals surface area contributed by atoms with Crippen LogP contribution < -0.4 is 5.32 Å². The van der Waals surface area contributed by atoms with E-state index < -0.39 is 0 Å². The summed E-state index contributed by atoms with van der Waals surface area (Å²) in [7, 11) is 2.26. The highest BCUT2D eigenvalue weighted by Gasteiger charge is 2.27. The Labute approximate surface area is 118 Å². The molecule has 0 fully saturated rings. The minimum absolute atomic E-state index is 0.330. The van der Waals surface area contributed by atoms with Crippen LogP contribution in [0.1, 0.15) is 44.7 Å². The van der Waals surface area contributed by atoms with Gasteiger partial charge in [0.05, 0.1) is 0 Å². The zero-order valence-corrected chi connectivity index (χ0v) is 13.0. The lowest BCUT2D eigenvalue weighted by Gasteiger charge is -2.38. The lowest BCUT2D eigenvalue weighted by Crippen LogP contribution is -2.43. The number of benzene rings is 1. The van der Waals surface area contributed by atoms with Crippen molar-refractivity contribution < 1.29 is 0 Å². The Morgan fingerprint density at radius 1 is 1.32 bits per heavy atom. The molecular weight excluding hydrogens is 232 g/mol. The molecule has 0 saturated heterocycles. The van der Waals surface area contributed by atoms with Gasteiger partial charge < -0.3 is 10.2 Å². The third-order valence-electron chi connectivity index (χ3n) is 4.62. The summed E-state index contributed by atoms with van der Waals surface area (Å²) in [5.41, 5.74) is 3.33. The van der Waals surface area contributed by atoms with E-state index in [9.17, 15) is 0 Å². The summed E-state index contributed by atoms with van der Waals surface area (Å²) >= 11 is 0. The molecule has 1 heterocycles. The molecule has 0 bridgehead atoms. The molecule has 2 heteroatoms. The van der Waals surface area contributed by atoms with E-state index in [0.29, 0.717) is 17.4 Å². The van der Waals surface area contributed by atoms with E-state index in [1.54, 1.807) is 0 Å². The summed E-state index contributed by atoms with van der Waals surface area (Å²) in [6.07, 6.45) is 0. The van der Waals surface area contributed by atoms with Gasteiger partial charge in [-0.25, -0.2) is 0 Å². The highest BCUT2D eigenvalue weighted by atomic mass is 15.1. The van der Waals surface area contributed by atoms with E-state index in [-0.39, 0.29) is 0 Å². The van der Waals surface area contributed by atoms with Crippen molar-refractivity contribution in [1.82, 2.24) is 10.2 Å². The Balaban J connectivity index is 2.09. The Kier molecular flexibility index (Phi) is 4.32. The second-order valence-corrected chi connectivity index (χ2v) is 7.01. The van der Waals surface area contributed by atoms with Crippen molar-refractivity contribution in [2.24, 2.45) is 5.41 Å². The zero-order valence-electron chi connectivity index (χ0n) is 13.0. The molecule has 1 aromatic rings. The molecule has 2 rings (SSSR count). The Hall–Kier alpha value is -0.860. The van der Waals surface area contributed by atoms with Gasteiger partial charge in [0.2, 0.25) is 0 Å². The van der Waals surface area contributed by atoms with Crippen LogP contribution in [0.25, 0.3) is 0 Å². The van der Waals surface area contributed by atoms with E-state index in [1.807, 2.05) is 0 Å². The fourth-order valence-electron chi connectivity index (χ4n) is 2.91. The molecule has 0 amide bonds. The molecule has 0 saturated carbocycles. The molecule has 1 aliphatic heterocycles. The predicted molar refractivity (Wildman–Crippen MR) is 82.4 cm³/mol. The molecule has 106 valence electrons. The summed E-state index contributed by atoms with van der Waals surface area (Å²) < 4.78 is 0. The van der Waals surface area contributed by atoms with Crippen molar-refractivity contribution in [2.45, 2.75) is 46.2 Å². The fourth-order valence-corrected chi connectivity index (χ4v) is 2.91. The predicted octanol–water partition coefficient (Wildman–Crippen LogP) is 3.24. The van der Waals surface area contributed by atoms with Crippen LogP contribution in [-0.4, -0.2) is 31.1 Å². The smallest absolute Gasteiger partial charge is 0.0208 e. The molecule has 1 aliphatic rings. The van der Waals surface area contributed by atoms with E-state index in [0.717, 1.165) is 19.6 Å². The van der Waals surface area contributed by atoms with Gasteiger partial charge in [0, 0.05) is 31.6 Å². The van der Waals surface area contributed by atoms with Crippen molar-refractivity contribution in [2.75, 3.05) is 20.1 Å². The van der Waals surface area contributed by atoms with E-state index in [4.69, 9.17) is 0 Å². The minimum Gasteiger partial charge on any atom is -0.312 e. The van der Waals surface area contributed by atoms with E-state index in [1.165, 1.54) is 11.1 Å². The molecular formula is C17H28N2. The standard InChI is InChI=1S/C17H28N2/c1-13(17(2,3)4)19(5)12-15-11-18-10-14-8-6-7-9-16(14)15/h6-9,13,15,18H,10-12H2,1-5H3. The Morgan fingerprint density at radius 2 is 2.00 bits per heavy atom. The van der Waals surface area contributed by atoms with Gasteiger partial charge in [0.15, 0.2) is 0 Å². The maximum atomic E-state index is 3.55. The molecule has 0 radical (unpaired) electrons. The van der Waals surface area contributed by atoms with Gasteiger partial charge in [0.1, 0.15) is 0 Å². The van der Waals surface area contributed by atoms with Gasteiger partial charge in [0.25, 0.3) is 0 Å². The van der Waals surface area contributed by atoms with Gasteiger partial charge in [-0.2, -0.15) is 0 Å². The van der Waals surface area contributed by atoms with Crippen molar-refractivity contribution in [3.05, 3.63) is 35.4 Å². The summed E-state index contributed by atoms with van der Waals surface area (Å²) in [6, 6.07) is 9.45. The van der Waals surface area contributed by atoms with Crippen LogP contribution in [-0.2, 0) is 6.54 Å². The summed E-state index contributed by atoms with van der Waals surface area (Å²) in [5, 5.41) is 3.55. The number of likely N-dealkylation sites (N-methyl/N-ethyl adjacent to an activating group) is 1. The molecule has 0 aromatic heterocycles. The Morgan fingerprint density at radius 3 is 2.68 bits per heavy atom. The first-order chi connectivity index (χ1) is 8.89. The topological polar surface area (TPSA) is 15.3 Å². The summed E-state index contributed by atoms with van der Waals surface area (Å²) in [5.74, 6) is 0.611. The van der Waals surface area contributed by atoms with Gasteiger partial charge in [-0.1, -0.05) is 45.0 Å². The zero-order chi connectivity index (χ0) is 14.0. The van der Waals surface area contributed by atoms with Crippen molar-refractivity contribution in [3.63, 3.8) is 0 Å². The maximum Gasteiger partial charge on any atom is 0.0208 e. The van der Waals surface area contributed by atoms with Crippen LogP contribution in [0.3, 0.4) is 0 Å². The first kappa shape index (κ1) is 14.5. The average molecular weight is 260 g/mol. The first-order valence-corrected chi connectivity index (χ1v) is 7.38. The van der Waals surface area contributed by atoms with Crippen LogP contribution in [0.2, 0.25) is 0 Å². The lowest BCUT2D eigenvalue weighted by atomic mass is 9.85. The SMILES string of the molecule is CC(N(C)CC1CNCc2ccccc21)C(C)(C)C. The summed E-state index contributed by atoms with van der Waals surface area (Å²) in [4.78, 5) is 2.51. The molecule has 0 aliphatic carbocycles. The third kappa shape index (κ3) is 3.37. The molecule has 19 heavy (non-hydrogen) atoms. The Bertz CT molecular complexity index is 420. The van der Waals surface area contributed by atoms with E-state index >= 15 is 0 Å². The van der Waals surface area contributed by atoms with Crippen LogP contribution in [0.15, 0.2) is 24.3 Å². The van der Waals surface area contributed by atoms with Gasteiger partial charge >= 0.3 is 0 Å². The number of rotatable bonds is 3. The first-order valence-electron chi connectivity index (χ1n) is 7.38. The number of nitrogens with zero attached hydrogens (tertiary/aromatic N) is 1. The number of fused-ring (bicyclic) bond motifs is 1. The molecule has 2 atom stereocenters. The number of hydrogen-bond donors (Lipinski definition) is 1. The van der Waals surface area contributed by atoms with Crippen molar-refractivity contribution in [3.8, 4) is 0 Å². The van der Waals surface area contributed by atoms with Crippen LogP contribution in [0.5, 0.6) is 0 Å². The largest absolute Gasteiger partial charge is 0.312 e. The third-order valence-corrected chi connectivity index (χ3v) is 4.62. The number of hydrogen-bond acceptors (Lipinski definition) is 2.